The fourth-order valence-electron chi connectivity index (χ4n) is 2.06. The number of hydrogen-bond donors (Lipinski definition) is 3. The first-order valence-corrected chi connectivity index (χ1v) is 6.83. The van der Waals surface area contributed by atoms with Gasteiger partial charge < -0.3 is 20.7 Å². The lowest BCUT2D eigenvalue weighted by atomic mass is 10.1. The number of amides is 1. The fraction of sp³-hybridized carbons (Fsp3) is 0.333. The van der Waals surface area contributed by atoms with Crippen molar-refractivity contribution in [1.82, 2.24) is 14.9 Å². The number of hydrogen-bond acceptors (Lipinski definition) is 4. The Morgan fingerprint density at radius 3 is 2.95 bits per heavy atom. The zero-order valence-electron chi connectivity index (χ0n) is 12.2. The minimum Gasteiger partial charge on any atom is -0.508 e. The monoisotopic (exact) mass is 288 g/mol. The number of carbonyl (C=O) groups is 1. The second kappa shape index (κ2) is 6.30. The summed E-state index contributed by atoms with van der Waals surface area (Å²) in [5.41, 5.74) is 7.27. The van der Waals surface area contributed by atoms with E-state index in [2.05, 4.69) is 24.1 Å². The Kier molecular flexibility index (Phi) is 4.47. The lowest BCUT2D eigenvalue weighted by Gasteiger charge is -2.12. The second-order valence-electron chi connectivity index (χ2n) is 5.39. The maximum atomic E-state index is 12.1. The van der Waals surface area contributed by atoms with E-state index >= 15 is 0 Å². The summed E-state index contributed by atoms with van der Waals surface area (Å²) in [6.07, 6.45) is 3.48. The lowest BCUT2D eigenvalue weighted by Crippen LogP contribution is -2.25. The second-order valence-corrected chi connectivity index (χ2v) is 5.39. The van der Waals surface area contributed by atoms with E-state index in [0.29, 0.717) is 18.2 Å². The van der Waals surface area contributed by atoms with Crippen LogP contribution in [0.1, 0.15) is 29.9 Å². The van der Waals surface area contributed by atoms with Crippen LogP contribution in [0.3, 0.4) is 0 Å². The topological polar surface area (TPSA) is 93.2 Å². The van der Waals surface area contributed by atoms with Crippen molar-refractivity contribution in [3.8, 4) is 5.75 Å². The highest BCUT2D eigenvalue weighted by Gasteiger charge is 2.11. The van der Waals surface area contributed by atoms with Gasteiger partial charge in [0.1, 0.15) is 5.75 Å². The quantitative estimate of drug-likeness (QED) is 0.577. The Balaban J connectivity index is 2.04. The Bertz CT molecular complexity index is 634. The Morgan fingerprint density at radius 2 is 2.24 bits per heavy atom. The van der Waals surface area contributed by atoms with E-state index in [9.17, 15) is 9.90 Å². The highest BCUT2D eigenvalue weighted by atomic mass is 16.3. The third-order valence-electron chi connectivity index (χ3n) is 3.07. The van der Waals surface area contributed by atoms with Gasteiger partial charge in [0.2, 0.25) is 0 Å². The zero-order chi connectivity index (χ0) is 15.4. The Labute approximate surface area is 123 Å². The van der Waals surface area contributed by atoms with Gasteiger partial charge in [0.15, 0.2) is 0 Å². The van der Waals surface area contributed by atoms with Crippen molar-refractivity contribution in [3.63, 3.8) is 0 Å². The van der Waals surface area contributed by atoms with Crippen LogP contribution in [0.5, 0.6) is 5.75 Å². The molecule has 0 aliphatic heterocycles. The van der Waals surface area contributed by atoms with Crippen LogP contribution in [0.15, 0.2) is 30.7 Å². The third kappa shape index (κ3) is 3.75. The summed E-state index contributed by atoms with van der Waals surface area (Å²) in [7, 11) is 0. The first kappa shape index (κ1) is 14.9. The number of anilines is 1. The molecular weight excluding hydrogens is 268 g/mol. The zero-order valence-corrected chi connectivity index (χ0v) is 12.2. The van der Waals surface area contributed by atoms with Crippen LogP contribution in [-0.2, 0) is 13.1 Å². The molecule has 0 atom stereocenters. The predicted molar refractivity (Wildman–Crippen MR) is 80.8 cm³/mol. The number of aromatic hydroxyl groups is 1. The highest BCUT2D eigenvalue weighted by molar-refractivity contribution is 5.99. The maximum Gasteiger partial charge on any atom is 0.253 e. The minimum absolute atomic E-state index is 0.0131. The number of phenols is 1. The molecule has 2 aromatic rings. The van der Waals surface area contributed by atoms with E-state index < -0.39 is 0 Å². The van der Waals surface area contributed by atoms with Gasteiger partial charge in [-0.1, -0.05) is 13.8 Å². The first-order valence-electron chi connectivity index (χ1n) is 6.83. The number of nitrogens with zero attached hydrogens (tertiary/aromatic N) is 2. The van der Waals surface area contributed by atoms with E-state index in [1.807, 2.05) is 4.57 Å². The van der Waals surface area contributed by atoms with Crippen LogP contribution in [0, 0.1) is 5.92 Å². The molecule has 1 heterocycles. The van der Waals surface area contributed by atoms with Crippen molar-refractivity contribution in [2.45, 2.75) is 26.9 Å². The van der Waals surface area contributed by atoms with Gasteiger partial charge in [0, 0.05) is 18.4 Å². The van der Waals surface area contributed by atoms with Crippen LogP contribution >= 0.6 is 0 Å². The minimum atomic E-state index is -0.319. The molecule has 6 nitrogen and oxygen atoms in total. The largest absolute Gasteiger partial charge is 0.508 e. The van der Waals surface area contributed by atoms with Gasteiger partial charge in [0.05, 0.1) is 24.1 Å². The van der Waals surface area contributed by atoms with E-state index in [1.54, 1.807) is 12.5 Å². The summed E-state index contributed by atoms with van der Waals surface area (Å²) in [4.78, 5) is 16.2. The molecule has 4 N–H and O–H groups in total. The third-order valence-corrected chi connectivity index (χ3v) is 3.07. The lowest BCUT2D eigenvalue weighted by molar-refractivity contribution is 0.0950. The van der Waals surface area contributed by atoms with E-state index in [-0.39, 0.29) is 17.2 Å². The molecule has 0 radical (unpaired) electrons. The van der Waals surface area contributed by atoms with E-state index in [0.717, 1.165) is 12.2 Å². The normalized spacial score (nSPS) is 10.8. The highest BCUT2D eigenvalue weighted by Crippen LogP contribution is 2.18. The summed E-state index contributed by atoms with van der Waals surface area (Å²) in [5, 5.41) is 12.2. The van der Waals surface area contributed by atoms with Gasteiger partial charge in [-0.2, -0.15) is 0 Å². The number of nitrogens with one attached hydrogen (secondary N) is 1. The number of nitrogens with two attached hydrogens (primary N) is 1. The number of phenolic OH excluding ortho intramolecular Hbond substituents is 1. The van der Waals surface area contributed by atoms with Crippen LogP contribution < -0.4 is 11.1 Å². The average Bonchev–Trinajstić information content (AvgIpc) is 2.85. The van der Waals surface area contributed by atoms with Gasteiger partial charge in [-0.15, -0.1) is 0 Å². The summed E-state index contributed by atoms with van der Waals surface area (Å²) >= 11 is 0. The summed E-state index contributed by atoms with van der Waals surface area (Å²) < 4.78 is 2.01. The summed E-state index contributed by atoms with van der Waals surface area (Å²) in [5.74, 6) is 0.190. The van der Waals surface area contributed by atoms with Crippen LogP contribution in [-0.4, -0.2) is 20.6 Å². The number of benzene rings is 1. The summed E-state index contributed by atoms with van der Waals surface area (Å²) in [6, 6.07) is 4.31. The molecule has 0 spiro atoms. The van der Waals surface area contributed by atoms with Crippen molar-refractivity contribution in [2.24, 2.45) is 5.92 Å². The number of nitrogen functional groups attached to an aromatic ring is 1. The van der Waals surface area contributed by atoms with E-state index in [4.69, 9.17) is 5.73 Å². The molecule has 0 aliphatic carbocycles. The van der Waals surface area contributed by atoms with Gasteiger partial charge >= 0.3 is 0 Å². The van der Waals surface area contributed by atoms with Crippen molar-refractivity contribution in [1.29, 1.82) is 0 Å². The van der Waals surface area contributed by atoms with Crippen LogP contribution in [0.4, 0.5) is 5.69 Å². The fourth-order valence-corrected chi connectivity index (χ4v) is 2.06. The molecule has 0 aliphatic rings. The standard InChI is InChI=1S/C15H20N4O2/c1-10(2)8-19-9-17-6-11(19)7-18-15(21)13-5-12(20)3-4-14(13)16/h3-6,9-10,20H,7-8,16H2,1-2H3,(H,18,21). The molecule has 0 bridgehead atoms. The molecule has 21 heavy (non-hydrogen) atoms. The van der Waals surface area contributed by atoms with Crippen molar-refractivity contribution >= 4 is 11.6 Å². The molecule has 2 rings (SSSR count). The molecule has 0 fully saturated rings. The average molecular weight is 288 g/mol. The smallest absolute Gasteiger partial charge is 0.253 e. The SMILES string of the molecule is CC(C)Cn1cncc1CNC(=O)c1cc(O)ccc1N. The van der Waals surface area contributed by atoms with Crippen molar-refractivity contribution in [2.75, 3.05) is 5.73 Å². The van der Waals surface area contributed by atoms with Crippen LogP contribution in [0.25, 0.3) is 0 Å². The number of aromatic nitrogens is 2. The predicted octanol–water partition coefficient (Wildman–Crippen LogP) is 1.76. The molecule has 1 amide bonds. The van der Waals surface area contributed by atoms with E-state index in [1.165, 1.54) is 18.2 Å². The molecule has 0 saturated heterocycles. The Morgan fingerprint density at radius 1 is 1.48 bits per heavy atom. The van der Waals surface area contributed by atoms with Gasteiger partial charge in [0.25, 0.3) is 5.91 Å². The molecule has 6 heteroatoms. The molecule has 0 unspecified atom stereocenters. The maximum absolute atomic E-state index is 12.1. The molecule has 0 saturated carbocycles. The Hall–Kier alpha value is -2.50. The number of rotatable bonds is 5. The van der Waals surface area contributed by atoms with Gasteiger partial charge in [-0.05, 0) is 24.1 Å². The molecule has 1 aromatic carbocycles. The van der Waals surface area contributed by atoms with Gasteiger partial charge in [-0.25, -0.2) is 4.98 Å². The number of carbonyl (C=O) groups excluding carboxylic acids is 1. The molecule has 1 aromatic heterocycles. The molecule has 112 valence electrons. The van der Waals surface area contributed by atoms with Crippen molar-refractivity contribution < 1.29 is 9.90 Å². The van der Waals surface area contributed by atoms with Crippen LogP contribution in [0.2, 0.25) is 0 Å². The number of imidazole rings is 1. The summed E-state index contributed by atoms with van der Waals surface area (Å²) in [6.45, 7) is 5.45. The first-order chi connectivity index (χ1) is 9.97. The van der Waals surface area contributed by atoms with Crippen molar-refractivity contribution in [3.05, 3.63) is 42.0 Å². The van der Waals surface area contributed by atoms with Gasteiger partial charge in [-0.3, -0.25) is 4.79 Å². The molecular formula is C15H20N4O2.